The molecule has 0 aromatic rings. The van der Waals surface area contributed by atoms with Gasteiger partial charge in [-0.05, 0) is 38.0 Å². The molecule has 0 aliphatic heterocycles. The van der Waals surface area contributed by atoms with Crippen LogP contribution in [-0.4, -0.2) is 35.8 Å². The highest BCUT2D eigenvalue weighted by atomic mass is 32.1. The van der Waals surface area contributed by atoms with Crippen molar-refractivity contribution in [2.75, 3.05) is 7.11 Å². The van der Waals surface area contributed by atoms with Crippen LogP contribution in [0.2, 0.25) is 0 Å². The molecule has 1 aliphatic carbocycles. The molecule has 0 aromatic carbocycles. The topological polar surface area (TPSA) is 60.4 Å². The zero-order valence-electron chi connectivity index (χ0n) is 16.8. The maximum Gasteiger partial charge on any atom is 0.305 e. The highest BCUT2D eigenvalue weighted by Gasteiger charge is 2.42. The lowest BCUT2D eigenvalue weighted by atomic mass is 9.86. The highest BCUT2D eigenvalue weighted by molar-refractivity contribution is 7.81. The fourth-order valence-electron chi connectivity index (χ4n) is 3.56. The maximum absolute atomic E-state index is 13.9. The van der Waals surface area contributed by atoms with Crippen molar-refractivity contribution in [2.24, 2.45) is 11.8 Å². The standard InChI is InChI=1S/C21H32F2O4S/c1-3-4-13-21(22,23)19(25)12-11-16-15(17(24)14-18(16)28)9-7-5-6-8-10-20(26)27-2/h5,7,15-16,18,28H,3-4,6,8-14H2,1-2H3/t15-,16-,18-/m1/s1. The smallest absolute Gasteiger partial charge is 0.305 e. The molecule has 0 bridgehead atoms. The second-order valence-electron chi connectivity index (χ2n) is 7.45. The number of esters is 1. The summed E-state index contributed by atoms with van der Waals surface area (Å²) in [6.07, 6.45) is 6.94. The van der Waals surface area contributed by atoms with Gasteiger partial charge in [0.1, 0.15) is 5.78 Å². The van der Waals surface area contributed by atoms with Crippen LogP contribution in [-0.2, 0) is 19.1 Å². The number of unbranched alkanes of at least 4 members (excludes halogenated alkanes) is 2. The highest BCUT2D eigenvalue weighted by Crippen LogP contribution is 2.39. The minimum absolute atomic E-state index is 0.0782. The summed E-state index contributed by atoms with van der Waals surface area (Å²) < 4.78 is 32.3. The van der Waals surface area contributed by atoms with Crippen LogP contribution >= 0.6 is 12.6 Å². The SMILES string of the molecule is CCCCC(F)(F)C(=O)CC[C@H]1[C@H](S)CC(=O)[C@@H]1CC=CCCCC(=O)OC. The van der Waals surface area contributed by atoms with Crippen molar-refractivity contribution in [3.63, 3.8) is 0 Å². The largest absolute Gasteiger partial charge is 0.469 e. The molecule has 160 valence electrons. The first kappa shape index (κ1) is 24.8. The quantitative estimate of drug-likeness (QED) is 0.199. The number of ether oxygens (including phenoxy) is 1. The molecule has 28 heavy (non-hydrogen) atoms. The van der Waals surface area contributed by atoms with Crippen LogP contribution in [0.15, 0.2) is 12.2 Å². The number of thiol groups is 1. The molecule has 0 radical (unpaired) electrons. The molecule has 1 fully saturated rings. The van der Waals surface area contributed by atoms with Crippen molar-refractivity contribution in [1.29, 1.82) is 0 Å². The molecule has 0 heterocycles. The average molecular weight is 419 g/mol. The first-order chi connectivity index (χ1) is 13.2. The third kappa shape index (κ3) is 8.02. The molecule has 3 atom stereocenters. The molecule has 4 nitrogen and oxygen atoms in total. The Bertz CT molecular complexity index is 563. The van der Waals surface area contributed by atoms with Crippen molar-refractivity contribution in [2.45, 2.75) is 82.3 Å². The Morgan fingerprint density at radius 1 is 1.25 bits per heavy atom. The number of ketones is 2. The number of halogens is 2. The second kappa shape index (κ2) is 12.3. The molecule has 1 aliphatic rings. The van der Waals surface area contributed by atoms with E-state index in [1.165, 1.54) is 7.11 Å². The van der Waals surface area contributed by atoms with E-state index in [0.29, 0.717) is 44.9 Å². The summed E-state index contributed by atoms with van der Waals surface area (Å²) in [7, 11) is 1.35. The summed E-state index contributed by atoms with van der Waals surface area (Å²) in [4.78, 5) is 35.2. The summed E-state index contributed by atoms with van der Waals surface area (Å²) in [5, 5.41) is -0.192. The fraction of sp³-hybridized carbons (Fsp3) is 0.762. The van der Waals surface area contributed by atoms with Crippen molar-refractivity contribution in [3.05, 3.63) is 12.2 Å². The van der Waals surface area contributed by atoms with E-state index in [0.717, 1.165) is 0 Å². The molecule has 7 heteroatoms. The van der Waals surface area contributed by atoms with Gasteiger partial charge in [-0.15, -0.1) is 0 Å². The number of carbonyl (C=O) groups excluding carboxylic acids is 3. The Balaban J connectivity index is 2.51. The molecular formula is C21H32F2O4S. The minimum Gasteiger partial charge on any atom is -0.469 e. The van der Waals surface area contributed by atoms with Crippen molar-refractivity contribution in [1.82, 2.24) is 0 Å². The molecule has 0 amide bonds. The molecule has 1 saturated carbocycles. The molecule has 0 spiro atoms. The van der Waals surface area contributed by atoms with Gasteiger partial charge in [0.05, 0.1) is 7.11 Å². The first-order valence-corrected chi connectivity index (χ1v) is 10.6. The van der Waals surface area contributed by atoms with Gasteiger partial charge in [0.15, 0.2) is 0 Å². The second-order valence-corrected chi connectivity index (χ2v) is 8.12. The normalized spacial score (nSPS) is 22.8. The van der Waals surface area contributed by atoms with Gasteiger partial charge in [0.25, 0.3) is 0 Å². The number of alkyl halides is 2. The zero-order chi connectivity index (χ0) is 21.2. The van der Waals surface area contributed by atoms with E-state index < -0.39 is 18.1 Å². The lowest BCUT2D eigenvalue weighted by Gasteiger charge is -2.21. The first-order valence-electron chi connectivity index (χ1n) is 10.1. The van der Waals surface area contributed by atoms with Crippen LogP contribution < -0.4 is 0 Å². The Morgan fingerprint density at radius 2 is 1.96 bits per heavy atom. The third-order valence-electron chi connectivity index (χ3n) is 5.33. The number of carbonyl (C=O) groups is 3. The Hall–Kier alpha value is -1.24. The zero-order valence-corrected chi connectivity index (χ0v) is 17.7. The van der Waals surface area contributed by atoms with Gasteiger partial charge in [-0.2, -0.15) is 21.4 Å². The van der Waals surface area contributed by atoms with Gasteiger partial charge in [-0.25, -0.2) is 0 Å². The van der Waals surface area contributed by atoms with E-state index in [1.807, 2.05) is 19.1 Å². The van der Waals surface area contributed by atoms with E-state index in [4.69, 9.17) is 0 Å². The van der Waals surface area contributed by atoms with Gasteiger partial charge >= 0.3 is 11.9 Å². The number of Topliss-reactive ketones (excluding diaryl/α,β-unsaturated/α-hetero) is 2. The maximum atomic E-state index is 13.9. The Morgan fingerprint density at radius 3 is 2.61 bits per heavy atom. The van der Waals surface area contributed by atoms with E-state index >= 15 is 0 Å². The average Bonchev–Trinajstić information content (AvgIpc) is 2.93. The van der Waals surface area contributed by atoms with Crippen LogP contribution in [0, 0.1) is 11.8 Å². The van der Waals surface area contributed by atoms with E-state index in [9.17, 15) is 23.2 Å². The monoisotopic (exact) mass is 418 g/mol. The molecule has 1 rings (SSSR count). The lowest BCUT2D eigenvalue weighted by molar-refractivity contribution is -0.144. The number of allylic oxidation sites excluding steroid dienone is 2. The van der Waals surface area contributed by atoms with Gasteiger partial charge in [-0.1, -0.05) is 25.5 Å². The van der Waals surface area contributed by atoms with Crippen molar-refractivity contribution in [3.8, 4) is 0 Å². The molecule has 0 saturated heterocycles. The summed E-state index contributed by atoms with van der Waals surface area (Å²) in [6.45, 7) is 1.81. The summed E-state index contributed by atoms with van der Waals surface area (Å²) in [6, 6.07) is 0. The van der Waals surface area contributed by atoms with Gasteiger partial charge < -0.3 is 4.74 Å². The van der Waals surface area contributed by atoms with Crippen LogP contribution in [0.3, 0.4) is 0 Å². The molecule has 0 N–H and O–H groups in total. The van der Waals surface area contributed by atoms with Crippen LogP contribution in [0.4, 0.5) is 8.78 Å². The van der Waals surface area contributed by atoms with Gasteiger partial charge in [-0.3, -0.25) is 14.4 Å². The molecular weight excluding hydrogens is 386 g/mol. The van der Waals surface area contributed by atoms with Crippen molar-refractivity contribution < 1.29 is 27.9 Å². The third-order valence-corrected chi connectivity index (χ3v) is 5.89. The summed E-state index contributed by atoms with van der Waals surface area (Å²) in [5.41, 5.74) is 0. The van der Waals surface area contributed by atoms with Gasteiger partial charge in [0, 0.05) is 36.9 Å². The van der Waals surface area contributed by atoms with E-state index in [1.54, 1.807) is 0 Å². The number of hydrogen-bond donors (Lipinski definition) is 1. The summed E-state index contributed by atoms with van der Waals surface area (Å²) >= 11 is 4.45. The number of hydrogen-bond acceptors (Lipinski definition) is 5. The predicted molar refractivity (Wildman–Crippen MR) is 108 cm³/mol. The van der Waals surface area contributed by atoms with Crippen molar-refractivity contribution >= 4 is 30.2 Å². The van der Waals surface area contributed by atoms with Crippen LogP contribution in [0.5, 0.6) is 0 Å². The predicted octanol–water partition coefficient (Wildman–Crippen LogP) is 4.95. The minimum atomic E-state index is -3.28. The summed E-state index contributed by atoms with van der Waals surface area (Å²) in [5.74, 6) is -4.93. The Kier molecular flexibility index (Phi) is 10.9. The fourth-order valence-corrected chi connectivity index (χ4v) is 4.10. The number of methoxy groups -OCH3 is 1. The lowest BCUT2D eigenvalue weighted by Crippen LogP contribution is -2.30. The van der Waals surface area contributed by atoms with E-state index in [-0.39, 0.29) is 41.7 Å². The molecule has 0 unspecified atom stereocenters. The van der Waals surface area contributed by atoms with Crippen LogP contribution in [0.1, 0.15) is 71.1 Å². The van der Waals surface area contributed by atoms with Crippen LogP contribution in [0.25, 0.3) is 0 Å². The van der Waals surface area contributed by atoms with Gasteiger partial charge in [0.2, 0.25) is 5.78 Å². The molecule has 0 aromatic heterocycles. The number of rotatable bonds is 13. The van der Waals surface area contributed by atoms with E-state index in [2.05, 4.69) is 17.4 Å². The Labute approximate surface area is 171 Å².